The predicted octanol–water partition coefficient (Wildman–Crippen LogP) is 3.86. The number of hydrogen-bond acceptors (Lipinski definition) is 5. The Labute approximate surface area is 180 Å². The minimum absolute atomic E-state index is 0.0356. The Morgan fingerprint density at radius 2 is 2.07 bits per heavy atom. The molecule has 1 fully saturated rings. The number of ether oxygens (including phenoxy) is 2. The first-order chi connectivity index (χ1) is 14.6. The molecule has 30 heavy (non-hydrogen) atoms. The Morgan fingerprint density at radius 1 is 1.23 bits per heavy atom. The third-order valence-corrected chi connectivity index (χ3v) is 7.18. The molecule has 0 unspecified atom stereocenters. The molecule has 1 saturated heterocycles. The summed E-state index contributed by atoms with van der Waals surface area (Å²) in [7, 11) is 3.53. The van der Waals surface area contributed by atoms with E-state index in [9.17, 15) is 4.79 Å². The van der Waals surface area contributed by atoms with Crippen LogP contribution >= 0.6 is 11.3 Å². The zero-order valence-electron chi connectivity index (χ0n) is 17.3. The number of aryl methyl sites for hydroxylation is 1. The minimum Gasteiger partial charge on any atom is -0.497 e. The molecule has 7 heteroatoms. The van der Waals surface area contributed by atoms with Gasteiger partial charge in [0.05, 0.1) is 24.2 Å². The van der Waals surface area contributed by atoms with Crippen molar-refractivity contribution in [2.45, 2.75) is 24.9 Å². The molecule has 0 aliphatic carbocycles. The van der Waals surface area contributed by atoms with Crippen LogP contribution in [-0.4, -0.2) is 47.4 Å². The Balaban J connectivity index is 1.34. The smallest absolute Gasteiger partial charge is 0.272 e. The van der Waals surface area contributed by atoms with E-state index in [0.29, 0.717) is 25.4 Å². The first kappa shape index (κ1) is 19.3. The van der Waals surface area contributed by atoms with Crippen LogP contribution in [0.4, 0.5) is 0 Å². The van der Waals surface area contributed by atoms with Crippen molar-refractivity contribution in [1.29, 1.82) is 0 Å². The normalized spacial score (nSPS) is 17.7. The number of piperidine rings is 1. The molecule has 0 N–H and O–H groups in total. The van der Waals surface area contributed by atoms with Gasteiger partial charge in [0.15, 0.2) is 0 Å². The van der Waals surface area contributed by atoms with E-state index in [1.807, 2.05) is 41.6 Å². The highest BCUT2D eigenvalue weighted by atomic mass is 32.1. The lowest BCUT2D eigenvalue weighted by atomic mass is 9.79. The summed E-state index contributed by atoms with van der Waals surface area (Å²) >= 11 is 1.63. The lowest BCUT2D eigenvalue weighted by molar-refractivity contribution is -0.0936. The van der Waals surface area contributed by atoms with Crippen molar-refractivity contribution in [3.63, 3.8) is 0 Å². The zero-order chi connectivity index (χ0) is 20.7. The summed E-state index contributed by atoms with van der Waals surface area (Å²) in [6, 6.07) is 12.2. The molecule has 2 aromatic heterocycles. The van der Waals surface area contributed by atoms with Crippen molar-refractivity contribution in [2.24, 2.45) is 7.05 Å². The van der Waals surface area contributed by atoms with Gasteiger partial charge in [-0.25, -0.2) is 0 Å². The van der Waals surface area contributed by atoms with Gasteiger partial charge < -0.3 is 14.4 Å². The predicted molar refractivity (Wildman–Crippen MR) is 116 cm³/mol. The second kappa shape index (κ2) is 7.56. The lowest BCUT2D eigenvalue weighted by Crippen LogP contribution is -2.48. The number of aromatic nitrogens is 2. The molecule has 0 atom stereocenters. The molecule has 1 amide bonds. The van der Waals surface area contributed by atoms with E-state index in [1.54, 1.807) is 23.1 Å². The number of nitrogens with zero attached hydrogens (tertiary/aromatic N) is 3. The summed E-state index contributed by atoms with van der Waals surface area (Å²) in [4.78, 5) is 16.2. The highest BCUT2D eigenvalue weighted by Crippen LogP contribution is 2.42. The molecule has 5 rings (SSSR count). The maximum Gasteiger partial charge on any atom is 0.272 e. The fourth-order valence-electron chi connectivity index (χ4n) is 4.64. The number of rotatable bonds is 3. The van der Waals surface area contributed by atoms with E-state index in [0.717, 1.165) is 35.6 Å². The standard InChI is InChI=1S/C23H25N3O3S/c1-25-20(15-19(24-25)21-4-3-13-30-21)22(27)26-10-8-23(9-11-26)18-6-5-17(28-2)14-16(18)7-12-29-23/h3-6,13-15H,7-12H2,1-2H3. The van der Waals surface area contributed by atoms with Gasteiger partial charge in [0, 0.05) is 20.1 Å². The van der Waals surface area contributed by atoms with Gasteiger partial charge >= 0.3 is 0 Å². The zero-order valence-corrected chi connectivity index (χ0v) is 18.1. The number of thiophene rings is 1. The number of carbonyl (C=O) groups excluding carboxylic acids is 1. The van der Waals surface area contributed by atoms with Gasteiger partial charge in [0.1, 0.15) is 17.1 Å². The second-order valence-electron chi connectivity index (χ2n) is 7.92. The number of benzene rings is 1. The minimum atomic E-state index is -0.300. The van der Waals surface area contributed by atoms with Crippen molar-refractivity contribution < 1.29 is 14.3 Å². The van der Waals surface area contributed by atoms with Gasteiger partial charge in [-0.05, 0) is 60.0 Å². The summed E-state index contributed by atoms with van der Waals surface area (Å²) in [6.45, 7) is 2.05. The van der Waals surface area contributed by atoms with Gasteiger partial charge in [-0.1, -0.05) is 12.1 Å². The summed E-state index contributed by atoms with van der Waals surface area (Å²) in [5, 5.41) is 6.56. The molecule has 3 aromatic rings. The van der Waals surface area contributed by atoms with Crippen molar-refractivity contribution in [3.05, 3.63) is 58.6 Å². The molecule has 0 radical (unpaired) electrons. The average Bonchev–Trinajstić information content (AvgIpc) is 3.43. The molecule has 0 saturated carbocycles. The topological polar surface area (TPSA) is 56.6 Å². The van der Waals surface area contributed by atoms with Gasteiger partial charge in [-0.3, -0.25) is 9.48 Å². The maximum absolute atomic E-state index is 13.2. The van der Waals surface area contributed by atoms with Crippen LogP contribution in [0.25, 0.3) is 10.6 Å². The van der Waals surface area contributed by atoms with E-state index in [2.05, 4.69) is 17.2 Å². The van der Waals surface area contributed by atoms with Crippen molar-refractivity contribution in [3.8, 4) is 16.3 Å². The fraction of sp³-hybridized carbons (Fsp3) is 0.391. The van der Waals surface area contributed by atoms with Crippen LogP contribution < -0.4 is 4.74 Å². The number of fused-ring (bicyclic) bond motifs is 2. The molecule has 4 heterocycles. The van der Waals surface area contributed by atoms with Crippen LogP contribution in [0.2, 0.25) is 0 Å². The van der Waals surface area contributed by atoms with Crippen LogP contribution in [0.5, 0.6) is 5.75 Å². The van der Waals surface area contributed by atoms with Crippen molar-refractivity contribution >= 4 is 17.2 Å². The van der Waals surface area contributed by atoms with Crippen molar-refractivity contribution in [2.75, 3.05) is 26.8 Å². The quantitative estimate of drug-likeness (QED) is 0.642. The molecule has 6 nitrogen and oxygen atoms in total. The largest absolute Gasteiger partial charge is 0.497 e. The Morgan fingerprint density at radius 3 is 2.80 bits per heavy atom. The van der Waals surface area contributed by atoms with Gasteiger partial charge in [0.2, 0.25) is 0 Å². The van der Waals surface area contributed by atoms with Gasteiger partial charge in [-0.15, -0.1) is 11.3 Å². The third-order valence-electron chi connectivity index (χ3n) is 6.28. The van der Waals surface area contributed by atoms with Crippen LogP contribution in [0.1, 0.15) is 34.5 Å². The monoisotopic (exact) mass is 423 g/mol. The van der Waals surface area contributed by atoms with Crippen molar-refractivity contribution in [1.82, 2.24) is 14.7 Å². The first-order valence-corrected chi connectivity index (χ1v) is 11.2. The highest BCUT2D eigenvalue weighted by molar-refractivity contribution is 7.13. The summed E-state index contributed by atoms with van der Waals surface area (Å²) in [6.07, 6.45) is 2.50. The van der Waals surface area contributed by atoms with E-state index in [-0.39, 0.29) is 11.5 Å². The number of carbonyl (C=O) groups is 1. The van der Waals surface area contributed by atoms with Crippen LogP contribution in [0.15, 0.2) is 41.8 Å². The third kappa shape index (κ3) is 3.22. The second-order valence-corrected chi connectivity index (χ2v) is 8.87. The van der Waals surface area contributed by atoms with E-state index in [4.69, 9.17) is 9.47 Å². The average molecular weight is 424 g/mol. The Bertz CT molecular complexity index is 1070. The summed E-state index contributed by atoms with van der Waals surface area (Å²) in [5.74, 6) is 0.921. The van der Waals surface area contributed by atoms with Gasteiger partial charge in [-0.2, -0.15) is 5.10 Å². The SMILES string of the molecule is COc1ccc2c(c1)CCOC21CCN(C(=O)c2cc(-c3cccs3)nn2C)CC1. The van der Waals surface area contributed by atoms with E-state index >= 15 is 0 Å². The Kier molecular flexibility index (Phi) is 4.87. The van der Waals surface area contributed by atoms with E-state index in [1.165, 1.54) is 11.1 Å². The highest BCUT2D eigenvalue weighted by Gasteiger charge is 2.42. The molecule has 2 aliphatic rings. The molecular weight excluding hydrogens is 398 g/mol. The molecule has 0 bridgehead atoms. The van der Waals surface area contributed by atoms with Gasteiger partial charge in [0.25, 0.3) is 5.91 Å². The first-order valence-electron chi connectivity index (χ1n) is 10.3. The van der Waals surface area contributed by atoms with Crippen LogP contribution in [0.3, 0.4) is 0 Å². The molecule has 2 aliphatic heterocycles. The van der Waals surface area contributed by atoms with Crippen LogP contribution in [-0.2, 0) is 23.8 Å². The molecule has 1 spiro atoms. The number of likely N-dealkylation sites (tertiary alicyclic amines) is 1. The number of hydrogen-bond donors (Lipinski definition) is 0. The molecular formula is C23H25N3O3S. The summed E-state index contributed by atoms with van der Waals surface area (Å²) < 4.78 is 13.4. The molecule has 156 valence electrons. The lowest BCUT2D eigenvalue weighted by Gasteiger charge is -2.45. The number of amides is 1. The molecule has 1 aromatic carbocycles. The Hall–Kier alpha value is -2.64. The van der Waals surface area contributed by atoms with Crippen LogP contribution in [0, 0.1) is 0 Å². The fourth-order valence-corrected chi connectivity index (χ4v) is 5.32. The number of methoxy groups -OCH3 is 1. The maximum atomic E-state index is 13.2. The van der Waals surface area contributed by atoms with E-state index < -0.39 is 0 Å². The summed E-state index contributed by atoms with van der Waals surface area (Å²) in [5.41, 5.74) is 3.73.